The van der Waals surface area contributed by atoms with Crippen molar-refractivity contribution in [2.24, 2.45) is 0 Å². The predicted molar refractivity (Wildman–Crippen MR) is 111 cm³/mol. The van der Waals surface area contributed by atoms with E-state index in [1.54, 1.807) is 48.5 Å². The third-order valence-electron chi connectivity index (χ3n) is 3.29. The number of benzene rings is 2. The van der Waals surface area contributed by atoms with Crippen LogP contribution in [0.25, 0.3) is 0 Å². The lowest BCUT2D eigenvalue weighted by atomic mass is 10.2. The fraction of sp³-hybridized carbons (Fsp3) is 0.176. The first-order valence-corrected chi connectivity index (χ1v) is 10.5. The highest BCUT2D eigenvalue weighted by atomic mass is 127. The minimum atomic E-state index is -3.62. The average molecular weight is 487 g/mol. The van der Waals surface area contributed by atoms with Crippen molar-refractivity contribution in [2.75, 3.05) is 27.7 Å². The molecule has 2 rings (SSSR count). The largest absolute Gasteiger partial charge is 0.326 e. The summed E-state index contributed by atoms with van der Waals surface area (Å²) in [5.41, 5.74) is 1.52. The highest BCUT2D eigenvalue weighted by Gasteiger charge is 2.20. The van der Waals surface area contributed by atoms with Crippen LogP contribution in [0.1, 0.15) is 6.92 Å². The van der Waals surface area contributed by atoms with Gasteiger partial charge in [-0.05, 0) is 71.1 Å². The van der Waals surface area contributed by atoms with Gasteiger partial charge in [0.15, 0.2) is 0 Å². The fourth-order valence-corrected chi connectivity index (χ4v) is 3.39. The molecule has 138 valence electrons. The standard InChI is InChI=1S/C17H18IN3O4S/c1-12(22)19-14-5-7-15(8-6-14)20-17(23)11-21(26(2,24)25)16-9-3-13(18)4-10-16/h3-10H,11H2,1-2H3,(H,19,22)(H,20,23). The summed E-state index contributed by atoms with van der Waals surface area (Å²) >= 11 is 2.12. The summed E-state index contributed by atoms with van der Waals surface area (Å²) in [4.78, 5) is 23.3. The fourth-order valence-electron chi connectivity index (χ4n) is 2.18. The molecule has 0 radical (unpaired) electrons. The van der Waals surface area contributed by atoms with Crippen molar-refractivity contribution in [2.45, 2.75) is 6.92 Å². The van der Waals surface area contributed by atoms with Gasteiger partial charge in [0.25, 0.3) is 0 Å². The van der Waals surface area contributed by atoms with E-state index >= 15 is 0 Å². The molecule has 0 unspecified atom stereocenters. The number of sulfonamides is 1. The molecule has 7 nitrogen and oxygen atoms in total. The van der Waals surface area contributed by atoms with E-state index in [1.165, 1.54) is 6.92 Å². The summed E-state index contributed by atoms with van der Waals surface area (Å²) in [6.45, 7) is 1.06. The minimum absolute atomic E-state index is 0.192. The van der Waals surface area contributed by atoms with Crippen LogP contribution in [0.3, 0.4) is 0 Å². The smallest absolute Gasteiger partial charge is 0.245 e. The molecular formula is C17H18IN3O4S. The highest BCUT2D eigenvalue weighted by Crippen LogP contribution is 2.19. The summed E-state index contributed by atoms with van der Waals surface area (Å²) in [7, 11) is -3.62. The molecule has 2 amide bonds. The van der Waals surface area contributed by atoms with Gasteiger partial charge in [-0.3, -0.25) is 13.9 Å². The Labute approximate surface area is 166 Å². The topological polar surface area (TPSA) is 95.6 Å². The normalized spacial score (nSPS) is 10.9. The van der Waals surface area contributed by atoms with Crippen LogP contribution in [0.15, 0.2) is 48.5 Å². The van der Waals surface area contributed by atoms with Gasteiger partial charge in [0.1, 0.15) is 6.54 Å². The predicted octanol–water partition coefficient (Wildman–Crippen LogP) is 2.65. The molecule has 0 fully saturated rings. The Balaban J connectivity index is 2.10. The lowest BCUT2D eigenvalue weighted by Gasteiger charge is -2.22. The van der Waals surface area contributed by atoms with Gasteiger partial charge in [0, 0.05) is 21.9 Å². The van der Waals surface area contributed by atoms with Gasteiger partial charge in [0.05, 0.1) is 11.9 Å². The molecule has 0 atom stereocenters. The first kappa shape index (κ1) is 20.2. The molecule has 9 heteroatoms. The SMILES string of the molecule is CC(=O)Nc1ccc(NC(=O)CN(c2ccc(I)cc2)S(C)(=O)=O)cc1. The Kier molecular flexibility index (Phi) is 6.59. The number of nitrogens with one attached hydrogen (secondary N) is 2. The highest BCUT2D eigenvalue weighted by molar-refractivity contribution is 14.1. The molecule has 0 spiro atoms. The van der Waals surface area contributed by atoms with E-state index < -0.39 is 15.9 Å². The van der Waals surface area contributed by atoms with Gasteiger partial charge in [-0.2, -0.15) is 0 Å². The van der Waals surface area contributed by atoms with Crippen LogP contribution in [-0.2, 0) is 19.6 Å². The van der Waals surface area contributed by atoms with Gasteiger partial charge in [-0.15, -0.1) is 0 Å². The number of nitrogens with zero attached hydrogens (tertiary/aromatic N) is 1. The van der Waals surface area contributed by atoms with E-state index in [4.69, 9.17) is 0 Å². The second kappa shape index (κ2) is 8.49. The minimum Gasteiger partial charge on any atom is -0.326 e. The monoisotopic (exact) mass is 487 g/mol. The van der Waals surface area contributed by atoms with E-state index in [-0.39, 0.29) is 12.5 Å². The van der Waals surface area contributed by atoms with Crippen LogP contribution in [-0.4, -0.2) is 33.0 Å². The van der Waals surface area contributed by atoms with E-state index in [0.29, 0.717) is 17.1 Å². The molecule has 2 aromatic carbocycles. The maximum atomic E-state index is 12.3. The number of hydrogen-bond donors (Lipinski definition) is 2. The van der Waals surface area contributed by atoms with E-state index in [9.17, 15) is 18.0 Å². The summed E-state index contributed by atoms with van der Waals surface area (Å²) in [6, 6.07) is 13.4. The number of halogens is 1. The van der Waals surface area contributed by atoms with Crippen molar-refractivity contribution < 1.29 is 18.0 Å². The molecule has 2 aromatic rings. The molecule has 0 saturated carbocycles. The zero-order valence-corrected chi connectivity index (χ0v) is 17.2. The molecule has 0 heterocycles. The van der Waals surface area contributed by atoms with Crippen molar-refractivity contribution in [3.05, 3.63) is 52.1 Å². The van der Waals surface area contributed by atoms with Crippen molar-refractivity contribution in [3.63, 3.8) is 0 Å². The van der Waals surface area contributed by atoms with Crippen LogP contribution >= 0.6 is 22.6 Å². The first-order chi connectivity index (χ1) is 12.1. The number of amides is 2. The third-order valence-corrected chi connectivity index (χ3v) is 5.15. The lowest BCUT2D eigenvalue weighted by molar-refractivity contribution is -0.115. The molecule has 0 aliphatic rings. The van der Waals surface area contributed by atoms with Gasteiger partial charge >= 0.3 is 0 Å². The maximum absolute atomic E-state index is 12.3. The molecule has 0 saturated heterocycles. The van der Waals surface area contributed by atoms with Crippen molar-refractivity contribution >= 4 is 61.5 Å². The molecule has 2 N–H and O–H groups in total. The van der Waals surface area contributed by atoms with Crippen molar-refractivity contribution in [3.8, 4) is 0 Å². The second-order valence-electron chi connectivity index (χ2n) is 5.55. The quantitative estimate of drug-likeness (QED) is 0.613. The first-order valence-electron chi connectivity index (χ1n) is 7.56. The molecular weight excluding hydrogens is 469 g/mol. The van der Waals surface area contributed by atoms with Crippen LogP contribution in [0.2, 0.25) is 0 Å². The van der Waals surface area contributed by atoms with Crippen molar-refractivity contribution in [1.82, 2.24) is 0 Å². The summed E-state index contributed by atoms with van der Waals surface area (Å²) in [5.74, 6) is -0.663. The Morgan fingerprint density at radius 1 is 0.962 bits per heavy atom. The van der Waals surface area contributed by atoms with Crippen LogP contribution in [0, 0.1) is 3.57 Å². The summed E-state index contributed by atoms with van der Waals surface area (Å²) < 4.78 is 26.1. The van der Waals surface area contributed by atoms with Gasteiger partial charge in [-0.1, -0.05) is 0 Å². The lowest BCUT2D eigenvalue weighted by Crippen LogP contribution is -2.37. The van der Waals surface area contributed by atoms with Crippen molar-refractivity contribution in [1.29, 1.82) is 0 Å². The van der Waals surface area contributed by atoms with Crippen LogP contribution in [0.4, 0.5) is 17.1 Å². The third kappa shape index (κ3) is 5.99. The number of rotatable bonds is 6. The Bertz CT molecular complexity index is 897. The molecule has 0 aliphatic heterocycles. The molecule has 0 bridgehead atoms. The van der Waals surface area contributed by atoms with Crippen LogP contribution in [0.5, 0.6) is 0 Å². The van der Waals surface area contributed by atoms with Gasteiger partial charge in [0.2, 0.25) is 21.8 Å². The molecule has 26 heavy (non-hydrogen) atoms. The van der Waals surface area contributed by atoms with Crippen LogP contribution < -0.4 is 14.9 Å². The zero-order chi connectivity index (χ0) is 19.3. The Hall–Kier alpha value is -2.14. The molecule has 0 aliphatic carbocycles. The number of hydrogen-bond acceptors (Lipinski definition) is 4. The van der Waals surface area contributed by atoms with Gasteiger partial charge < -0.3 is 10.6 Å². The Morgan fingerprint density at radius 2 is 1.46 bits per heavy atom. The maximum Gasteiger partial charge on any atom is 0.245 e. The van der Waals surface area contributed by atoms with Gasteiger partial charge in [-0.25, -0.2) is 8.42 Å². The zero-order valence-electron chi connectivity index (χ0n) is 14.2. The summed E-state index contributed by atoms with van der Waals surface area (Å²) in [5, 5.41) is 5.27. The van der Waals surface area contributed by atoms with E-state index in [2.05, 4.69) is 33.2 Å². The number of carbonyl (C=O) groups excluding carboxylic acids is 2. The number of carbonyl (C=O) groups is 2. The second-order valence-corrected chi connectivity index (χ2v) is 8.71. The Morgan fingerprint density at radius 3 is 1.92 bits per heavy atom. The number of anilines is 3. The average Bonchev–Trinajstić information content (AvgIpc) is 2.54. The van der Waals surface area contributed by atoms with E-state index in [1.807, 2.05) is 0 Å². The summed E-state index contributed by atoms with van der Waals surface area (Å²) in [6.07, 6.45) is 1.06. The van der Waals surface area contributed by atoms with E-state index in [0.717, 1.165) is 14.1 Å². The molecule has 0 aromatic heterocycles.